The summed E-state index contributed by atoms with van der Waals surface area (Å²) in [6, 6.07) is 1.70. The summed E-state index contributed by atoms with van der Waals surface area (Å²) in [5.74, 6) is 0. The first kappa shape index (κ1) is 8.00. The minimum Gasteiger partial charge on any atom is -0.346 e. The number of rotatable bonds is 1. The first-order valence-electron chi connectivity index (χ1n) is 2.58. The number of hydrogen-bond donors (Lipinski definition) is 1. The van der Waals surface area contributed by atoms with Crippen LogP contribution in [0.1, 0.15) is 5.69 Å². The lowest BCUT2D eigenvalue weighted by atomic mass is 10.4. The van der Waals surface area contributed by atoms with Crippen LogP contribution < -0.4 is 0 Å². The Morgan fingerprint density at radius 1 is 1.82 bits per heavy atom. The molecule has 0 aromatic carbocycles. The lowest BCUT2D eigenvalue weighted by Crippen LogP contribution is -1.90. The standard InChI is InChI=1S/C5H2IN3O2/c6-3-2-8-4(1-7)5(3)9(10)11/h2,8H. The Balaban J connectivity index is 3.32. The van der Waals surface area contributed by atoms with Crippen LogP contribution in [0.25, 0.3) is 0 Å². The number of aromatic amines is 1. The second-order valence-electron chi connectivity index (χ2n) is 1.73. The predicted molar refractivity (Wildman–Crippen MR) is 44.9 cm³/mol. The molecule has 1 rings (SSSR count). The fourth-order valence-electron chi connectivity index (χ4n) is 0.655. The van der Waals surface area contributed by atoms with E-state index in [4.69, 9.17) is 5.26 Å². The topological polar surface area (TPSA) is 82.7 Å². The maximum Gasteiger partial charge on any atom is 0.318 e. The van der Waals surface area contributed by atoms with Crippen molar-refractivity contribution in [3.8, 4) is 6.07 Å². The van der Waals surface area contributed by atoms with Crippen molar-refractivity contribution in [2.75, 3.05) is 0 Å². The molecule has 1 aromatic heterocycles. The zero-order chi connectivity index (χ0) is 8.43. The van der Waals surface area contributed by atoms with Gasteiger partial charge in [-0.25, -0.2) is 0 Å². The quantitative estimate of drug-likeness (QED) is 0.472. The summed E-state index contributed by atoms with van der Waals surface area (Å²) in [4.78, 5) is 12.2. The van der Waals surface area contributed by atoms with Crippen LogP contribution in [-0.4, -0.2) is 9.91 Å². The van der Waals surface area contributed by atoms with E-state index in [1.807, 2.05) is 0 Å². The molecule has 0 spiro atoms. The second kappa shape index (κ2) is 2.87. The smallest absolute Gasteiger partial charge is 0.318 e. The monoisotopic (exact) mass is 263 g/mol. The third-order valence-electron chi connectivity index (χ3n) is 1.10. The second-order valence-corrected chi connectivity index (χ2v) is 2.89. The molecule has 1 aromatic rings. The van der Waals surface area contributed by atoms with Gasteiger partial charge >= 0.3 is 5.69 Å². The van der Waals surface area contributed by atoms with Crippen LogP contribution in [0.2, 0.25) is 0 Å². The molecule has 0 unspecified atom stereocenters. The molecule has 0 aliphatic carbocycles. The van der Waals surface area contributed by atoms with Crippen LogP contribution in [0.5, 0.6) is 0 Å². The minimum atomic E-state index is -0.573. The maximum atomic E-state index is 10.3. The molecule has 1 heterocycles. The molecule has 0 amide bonds. The van der Waals surface area contributed by atoms with E-state index < -0.39 is 4.92 Å². The van der Waals surface area contributed by atoms with E-state index in [0.717, 1.165) is 0 Å². The van der Waals surface area contributed by atoms with Crippen LogP contribution in [0.3, 0.4) is 0 Å². The number of halogens is 1. The normalized spacial score (nSPS) is 9.09. The van der Waals surface area contributed by atoms with Gasteiger partial charge in [0.2, 0.25) is 0 Å². The molecular weight excluding hydrogens is 261 g/mol. The van der Waals surface area contributed by atoms with E-state index >= 15 is 0 Å². The highest BCUT2D eigenvalue weighted by Gasteiger charge is 2.19. The van der Waals surface area contributed by atoms with E-state index in [9.17, 15) is 10.1 Å². The molecule has 0 fully saturated rings. The molecule has 11 heavy (non-hydrogen) atoms. The molecule has 0 bridgehead atoms. The molecule has 5 nitrogen and oxygen atoms in total. The Kier molecular flexibility index (Phi) is 2.09. The molecule has 0 atom stereocenters. The number of nitriles is 1. The van der Waals surface area contributed by atoms with Gasteiger partial charge in [-0.2, -0.15) is 5.26 Å². The van der Waals surface area contributed by atoms with E-state index in [-0.39, 0.29) is 11.4 Å². The number of H-pyrrole nitrogens is 1. The third-order valence-corrected chi connectivity index (χ3v) is 1.92. The molecule has 0 aliphatic heterocycles. The van der Waals surface area contributed by atoms with Gasteiger partial charge in [-0.05, 0) is 22.6 Å². The van der Waals surface area contributed by atoms with Crippen molar-refractivity contribution in [2.45, 2.75) is 0 Å². The van der Waals surface area contributed by atoms with Crippen LogP contribution in [-0.2, 0) is 0 Å². The van der Waals surface area contributed by atoms with E-state index in [1.165, 1.54) is 6.20 Å². The van der Waals surface area contributed by atoms with Crippen LogP contribution in [0.4, 0.5) is 5.69 Å². The molecule has 1 N–H and O–H groups in total. The van der Waals surface area contributed by atoms with Gasteiger partial charge in [0, 0.05) is 6.20 Å². The summed E-state index contributed by atoms with van der Waals surface area (Å²) in [6.45, 7) is 0. The molecule has 56 valence electrons. The van der Waals surface area contributed by atoms with Gasteiger partial charge in [0.1, 0.15) is 9.64 Å². The first-order valence-corrected chi connectivity index (χ1v) is 3.66. The number of nitrogens with zero attached hydrogens (tertiary/aromatic N) is 2. The fourth-order valence-corrected chi connectivity index (χ4v) is 1.28. The fraction of sp³-hybridized carbons (Fsp3) is 0. The van der Waals surface area contributed by atoms with Crippen molar-refractivity contribution in [3.63, 3.8) is 0 Å². The Bertz CT molecular complexity index is 338. The molecule has 0 aliphatic rings. The van der Waals surface area contributed by atoms with Crippen molar-refractivity contribution < 1.29 is 4.92 Å². The SMILES string of the molecule is N#Cc1[nH]cc(I)c1[N+](=O)[O-]. The Morgan fingerprint density at radius 2 is 2.45 bits per heavy atom. The summed E-state index contributed by atoms with van der Waals surface area (Å²) >= 11 is 1.80. The summed E-state index contributed by atoms with van der Waals surface area (Å²) in [5, 5.41) is 18.7. The molecule has 0 saturated carbocycles. The predicted octanol–water partition coefficient (Wildman–Crippen LogP) is 1.40. The average molecular weight is 263 g/mol. The van der Waals surface area contributed by atoms with Gasteiger partial charge in [-0.3, -0.25) is 10.1 Å². The maximum absolute atomic E-state index is 10.3. The highest BCUT2D eigenvalue weighted by atomic mass is 127. The van der Waals surface area contributed by atoms with Crippen molar-refractivity contribution in [2.24, 2.45) is 0 Å². The van der Waals surface area contributed by atoms with Gasteiger partial charge < -0.3 is 4.98 Å². The third kappa shape index (κ3) is 1.32. The minimum absolute atomic E-state index is 0.000556. The largest absolute Gasteiger partial charge is 0.346 e. The average Bonchev–Trinajstić information content (AvgIpc) is 2.30. The van der Waals surface area contributed by atoms with Crippen LogP contribution in [0, 0.1) is 25.0 Å². The molecular formula is C5H2IN3O2. The van der Waals surface area contributed by atoms with Crippen molar-refractivity contribution in [3.05, 3.63) is 25.6 Å². The van der Waals surface area contributed by atoms with Crippen molar-refractivity contribution in [1.82, 2.24) is 4.98 Å². The van der Waals surface area contributed by atoms with Crippen LogP contribution in [0.15, 0.2) is 6.20 Å². The highest BCUT2D eigenvalue weighted by Crippen LogP contribution is 2.23. The summed E-state index contributed by atoms with van der Waals surface area (Å²) in [5.41, 5.74) is -0.146. The lowest BCUT2D eigenvalue weighted by Gasteiger charge is -1.85. The Labute approximate surface area is 75.3 Å². The summed E-state index contributed by atoms with van der Waals surface area (Å²) < 4.78 is 0.448. The summed E-state index contributed by atoms with van der Waals surface area (Å²) in [7, 11) is 0. The van der Waals surface area contributed by atoms with Crippen molar-refractivity contribution in [1.29, 1.82) is 5.26 Å². The van der Waals surface area contributed by atoms with Gasteiger partial charge in [0.15, 0.2) is 5.69 Å². The first-order chi connectivity index (χ1) is 5.16. The Hall–Kier alpha value is -1.10. The summed E-state index contributed by atoms with van der Waals surface area (Å²) in [6.07, 6.45) is 1.43. The van der Waals surface area contributed by atoms with E-state index in [1.54, 1.807) is 28.7 Å². The number of hydrogen-bond acceptors (Lipinski definition) is 3. The Morgan fingerprint density at radius 3 is 2.82 bits per heavy atom. The van der Waals surface area contributed by atoms with E-state index in [0.29, 0.717) is 3.57 Å². The highest BCUT2D eigenvalue weighted by molar-refractivity contribution is 14.1. The van der Waals surface area contributed by atoms with Crippen LogP contribution >= 0.6 is 22.6 Å². The van der Waals surface area contributed by atoms with Gasteiger partial charge in [0.25, 0.3) is 0 Å². The van der Waals surface area contributed by atoms with E-state index in [2.05, 4.69) is 4.98 Å². The van der Waals surface area contributed by atoms with Gasteiger partial charge in [-0.1, -0.05) is 0 Å². The number of nitrogens with one attached hydrogen (secondary N) is 1. The number of aromatic nitrogens is 1. The number of nitro groups is 1. The molecule has 0 radical (unpaired) electrons. The zero-order valence-corrected chi connectivity index (χ0v) is 7.32. The molecule has 0 saturated heterocycles. The molecule has 6 heteroatoms. The lowest BCUT2D eigenvalue weighted by molar-refractivity contribution is -0.385. The van der Waals surface area contributed by atoms with Gasteiger partial charge in [0.05, 0.1) is 4.92 Å². The van der Waals surface area contributed by atoms with Gasteiger partial charge in [-0.15, -0.1) is 0 Å². The zero-order valence-electron chi connectivity index (χ0n) is 5.17. The van der Waals surface area contributed by atoms with Crippen molar-refractivity contribution >= 4 is 28.3 Å².